The van der Waals surface area contributed by atoms with Crippen LogP contribution < -0.4 is 11.1 Å². The maximum absolute atomic E-state index is 11.9. The fourth-order valence-corrected chi connectivity index (χ4v) is 2.54. The Labute approximate surface area is 135 Å². The Morgan fingerprint density at radius 1 is 1.18 bits per heavy atom. The fraction of sp³-hybridized carbons (Fsp3) is 0.294. The molecule has 1 aromatic carbocycles. The van der Waals surface area contributed by atoms with E-state index in [-0.39, 0.29) is 5.91 Å². The average molecular weight is 315 g/mol. The monoisotopic (exact) mass is 315 g/mol. The number of anilines is 1. The van der Waals surface area contributed by atoms with Crippen molar-refractivity contribution in [1.29, 1.82) is 0 Å². The minimum atomic E-state index is -0.455. The summed E-state index contributed by atoms with van der Waals surface area (Å²) in [5, 5.41) is 2.86. The molecule has 0 aliphatic carbocycles. The Morgan fingerprint density at radius 2 is 1.82 bits per heavy atom. The minimum Gasteiger partial charge on any atom is -0.325 e. The molecule has 2 rings (SSSR count). The largest absolute Gasteiger partial charge is 0.325 e. The summed E-state index contributed by atoms with van der Waals surface area (Å²) in [6, 6.07) is 11.4. The third-order valence-electron chi connectivity index (χ3n) is 3.35. The SMILES string of the molecule is CSCC[C@H](N)C(=O)Nc1ccc(Cc2ccncc2)cc1. The lowest BCUT2D eigenvalue weighted by Gasteiger charge is -2.12. The van der Waals surface area contributed by atoms with Crippen molar-refractivity contribution in [2.45, 2.75) is 18.9 Å². The molecule has 0 aliphatic rings. The van der Waals surface area contributed by atoms with Gasteiger partial charge in [0.1, 0.15) is 0 Å². The van der Waals surface area contributed by atoms with Crippen molar-refractivity contribution < 1.29 is 4.79 Å². The van der Waals surface area contributed by atoms with Crippen LogP contribution >= 0.6 is 11.8 Å². The highest BCUT2D eigenvalue weighted by atomic mass is 32.2. The van der Waals surface area contributed by atoms with E-state index in [2.05, 4.69) is 10.3 Å². The number of pyridine rings is 1. The maximum atomic E-state index is 11.9. The second-order valence-electron chi connectivity index (χ2n) is 5.11. The predicted molar refractivity (Wildman–Crippen MR) is 93.1 cm³/mol. The molecular weight excluding hydrogens is 294 g/mol. The fourth-order valence-electron chi connectivity index (χ4n) is 2.05. The summed E-state index contributed by atoms with van der Waals surface area (Å²) in [5.74, 6) is 0.760. The van der Waals surface area contributed by atoms with E-state index in [4.69, 9.17) is 5.73 Å². The summed E-state index contributed by atoms with van der Waals surface area (Å²) in [7, 11) is 0. The molecule has 0 bridgehead atoms. The predicted octanol–water partition coefficient (Wildman–Crippen LogP) is 2.69. The quantitative estimate of drug-likeness (QED) is 0.824. The van der Waals surface area contributed by atoms with Gasteiger partial charge in [0, 0.05) is 18.1 Å². The van der Waals surface area contributed by atoms with E-state index in [1.807, 2.05) is 42.7 Å². The van der Waals surface area contributed by atoms with E-state index in [1.165, 1.54) is 11.1 Å². The van der Waals surface area contributed by atoms with Crippen LogP contribution in [0.2, 0.25) is 0 Å². The molecule has 0 unspecified atom stereocenters. The molecule has 0 spiro atoms. The summed E-state index contributed by atoms with van der Waals surface area (Å²) >= 11 is 1.69. The topological polar surface area (TPSA) is 68.0 Å². The number of nitrogens with zero attached hydrogens (tertiary/aromatic N) is 1. The van der Waals surface area contributed by atoms with Crippen LogP contribution in [0.3, 0.4) is 0 Å². The van der Waals surface area contributed by atoms with Crippen LogP contribution in [0, 0.1) is 0 Å². The highest BCUT2D eigenvalue weighted by Gasteiger charge is 2.12. The zero-order valence-electron chi connectivity index (χ0n) is 12.7. The third-order valence-corrected chi connectivity index (χ3v) is 3.99. The lowest BCUT2D eigenvalue weighted by molar-refractivity contribution is -0.117. The number of carbonyl (C=O) groups is 1. The van der Waals surface area contributed by atoms with Gasteiger partial charge < -0.3 is 11.1 Å². The Kier molecular flexibility index (Phi) is 6.43. The number of thioether (sulfide) groups is 1. The zero-order chi connectivity index (χ0) is 15.8. The van der Waals surface area contributed by atoms with Crippen LogP contribution in [0.15, 0.2) is 48.8 Å². The first kappa shape index (κ1) is 16.5. The second-order valence-corrected chi connectivity index (χ2v) is 6.09. The van der Waals surface area contributed by atoms with Crippen molar-refractivity contribution in [3.63, 3.8) is 0 Å². The molecule has 1 heterocycles. The molecule has 0 fully saturated rings. The molecule has 1 amide bonds. The molecule has 1 atom stereocenters. The number of hydrogen-bond acceptors (Lipinski definition) is 4. The molecule has 116 valence electrons. The summed E-state index contributed by atoms with van der Waals surface area (Å²) in [4.78, 5) is 16.0. The van der Waals surface area contributed by atoms with Gasteiger partial charge in [-0.25, -0.2) is 0 Å². The molecule has 1 aromatic heterocycles. The maximum Gasteiger partial charge on any atom is 0.241 e. The first-order valence-electron chi connectivity index (χ1n) is 7.22. The van der Waals surface area contributed by atoms with Crippen molar-refractivity contribution in [1.82, 2.24) is 4.98 Å². The van der Waals surface area contributed by atoms with Crippen LogP contribution in [-0.2, 0) is 11.2 Å². The van der Waals surface area contributed by atoms with E-state index < -0.39 is 6.04 Å². The molecule has 0 aliphatic heterocycles. The minimum absolute atomic E-state index is 0.129. The summed E-state index contributed by atoms with van der Waals surface area (Å²) < 4.78 is 0. The van der Waals surface area contributed by atoms with Gasteiger partial charge in [-0.1, -0.05) is 12.1 Å². The van der Waals surface area contributed by atoms with Gasteiger partial charge in [0.25, 0.3) is 0 Å². The smallest absolute Gasteiger partial charge is 0.241 e. The van der Waals surface area contributed by atoms with E-state index in [0.717, 1.165) is 17.9 Å². The first-order valence-corrected chi connectivity index (χ1v) is 8.61. The van der Waals surface area contributed by atoms with Gasteiger partial charge in [0.15, 0.2) is 0 Å². The molecule has 22 heavy (non-hydrogen) atoms. The van der Waals surface area contributed by atoms with E-state index in [9.17, 15) is 4.79 Å². The number of benzene rings is 1. The first-order chi connectivity index (χ1) is 10.7. The van der Waals surface area contributed by atoms with E-state index >= 15 is 0 Å². The molecule has 0 saturated carbocycles. The summed E-state index contributed by atoms with van der Waals surface area (Å²) in [6.07, 6.45) is 7.13. The Morgan fingerprint density at radius 3 is 2.45 bits per heavy atom. The van der Waals surface area contributed by atoms with Crippen LogP contribution in [-0.4, -0.2) is 28.9 Å². The van der Waals surface area contributed by atoms with Gasteiger partial charge in [0.05, 0.1) is 6.04 Å². The average Bonchev–Trinajstić information content (AvgIpc) is 2.55. The molecule has 5 heteroatoms. The third kappa shape index (κ3) is 5.16. The lowest BCUT2D eigenvalue weighted by Crippen LogP contribution is -2.36. The number of rotatable bonds is 7. The van der Waals surface area contributed by atoms with Gasteiger partial charge >= 0.3 is 0 Å². The molecule has 0 radical (unpaired) electrons. The zero-order valence-corrected chi connectivity index (χ0v) is 13.5. The standard InChI is InChI=1S/C17H21N3OS/c1-22-11-8-16(18)17(21)20-15-4-2-13(3-5-15)12-14-6-9-19-10-7-14/h2-7,9-10,16H,8,11-12,18H2,1H3,(H,20,21)/t16-/m0/s1. The van der Waals surface area contributed by atoms with Crippen LogP contribution in [0.1, 0.15) is 17.5 Å². The van der Waals surface area contributed by atoms with Crippen LogP contribution in [0.4, 0.5) is 5.69 Å². The second kappa shape index (κ2) is 8.56. The van der Waals surface area contributed by atoms with Gasteiger partial charge in [-0.2, -0.15) is 11.8 Å². The number of amides is 1. The number of aromatic nitrogens is 1. The van der Waals surface area contributed by atoms with Crippen LogP contribution in [0.5, 0.6) is 0 Å². The number of hydrogen-bond donors (Lipinski definition) is 2. The normalized spacial score (nSPS) is 11.9. The molecule has 2 aromatic rings. The van der Waals surface area contributed by atoms with E-state index in [1.54, 1.807) is 24.2 Å². The Bertz CT molecular complexity index is 587. The molecule has 0 saturated heterocycles. The Hall–Kier alpha value is -1.85. The number of carbonyl (C=O) groups excluding carboxylic acids is 1. The van der Waals surface area contributed by atoms with Gasteiger partial charge in [0.2, 0.25) is 5.91 Å². The van der Waals surface area contributed by atoms with Crippen molar-refractivity contribution in [2.24, 2.45) is 5.73 Å². The highest BCUT2D eigenvalue weighted by molar-refractivity contribution is 7.98. The lowest BCUT2D eigenvalue weighted by atomic mass is 10.1. The van der Waals surface area contributed by atoms with Crippen molar-refractivity contribution in [3.8, 4) is 0 Å². The van der Waals surface area contributed by atoms with Crippen molar-refractivity contribution >= 4 is 23.4 Å². The number of nitrogens with one attached hydrogen (secondary N) is 1. The van der Waals surface area contributed by atoms with E-state index in [0.29, 0.717) is 6.42 Å². The summed E-state index contributed by atoms with van der Waals surface area (Å²) in [5.41, 5.74) is 9.04. The number of nitrogens with two attached hydrogens (primary N) is 1. The Balaban J connectivity index is 1.90. The highest BCUT2D eigenvalue weighted by Crippen LogP contribution is 2.13. The molecular formula is C17H21N3OS. The van der Waals surface area contributed by atoms with Gasteiger partial charge in [-0.3, -0.25) is 9.78 Å². The summed E-state index contributed by atoms with van der Waals surface area (Å²) in [6.45, 7) is 0. The van der Waals surface area contributed by atoms with Crippen molar-refractivity contribution in [3.05, 3.63) is 59.9 Å². The van der Waals surface area contributed by atoms with Gasteiger partial charge in [-0.05, 0) is 60.2 Å². The van der Waals surface area contributed by atoms with Gasteiger partial charge in [-0.15, -0.1) is 0 Å². The molecule has 4 nitrogen and oxygen atoms in total. The molecule has 3 N–H and O–H groups in total. The van der Waals surface area contributed by atoms with Crippen molar-refractivity contribution in [2.75, 3.05) is 17.3 Å². The van der Waals surface area contributed by atoms with Crippen LogP contribution in [0.25, 0.3) is 0 Å².